The molecular weight excluding hydrogens is 438 g/mol. The molecule has 33 heavy (non-hydrogen) atoms. The highest BCUT2D eigenvalue weighted by atomic mass is 32.2. The first-order valence-corrected chi connectivity index (χ1v) is 13.0. The van der Waals surface area contributed by atoms with Gasteiger partial charge in [0.15, 0.2) is 0 Å². The lowest BCUT2D eigenvalue weighted by atomic mass is 9.96. The fraction of sp³-hybridized carbons (Fsp3) is 0.440. The molecule has 1 saturated carbocycles. The number of benzene rings is 2. The number of aryl methyl sites for hydroxylation is 2. The average Bonchev–Trinajstić information content (AvgIpc) is 3.16. The lowest BCUT2D eigenvalue weighted by Crippen LogP contribution is -2.36. The van der Waals surface area contributed by atoms with E-state index in [1.54, 1.807) is 17.0 Å². The van der Waals surface area contributed by atoms with E-state index in [9.17, 15) is 18.0 Å². The van der Waals surface area contributed by atoms with Crippen LogP contribution in [0.25, 0.3) is 0 Å². The molecule has 2 N–H and O–H groups in total. The van der Waals surface area contributed by atoms with Crippen molar-refractivity contribution in [2.45, 2.75) is 63.3 Å². The molecule has 1 atom stereocenters. The Labute approximate surface area is 195 Å². The second kappa shape index (κ2) is 9.65. The Bertz CT molecular complexity index is 1140. The number of amides is 2. The molecule has 2 aliphatic rings. The Balaban J connectivity index is 1.38. The zero-order valence-electron chi connectivity index (χ0n) is 19.1. The second-order valence-corrected chi connectivity index (χ2v) is 10.9. The quantitative estimate of drug-likeness (QED) is 0.671. The Morgan fingerprint density at radius 3 is 2.36 bits per heavy atom. The summed E-state index contributed by atoms with van der Waals surface area (Å²) in [5.41, 5.74) is 3.47. The first-order valence-electron chi connectivity index (χ1n) is 11.5. The van der Waals surface area contributed by atoms with Crippen LogP contribution in [-0.4, -0.2) is 32.8 Å². The predicted molar refractivity (Wildman–Crippen MR) is 129 cm³/mol. The summed E-state index contributed by atoms with van der Waals surface area (Å²) < 4.78 is 28.1. The van der Waals surface area contributed by atoms with Crippen LogP contribution in [0.1, 0.15) is 49.7 Å². The van der Waals surface area contributed by atoms with E-state index in [0.29, 0.717) is 12.2 Å². The molecule has 2 aromatic rings. The molecule has 0 spiro atoms. The molecule has 0 bridgehead atoms. The van der Waals surface area contributed by atoms with E-state index < -0.39 is 15.9 Å². The summed E-state index contributed by atoms with van der Waals surface area (Å²) >= 11 is 0. The van der Waals surface area contributed by atoms with Crippen LogP contribution in [0.15, 0.2) is 47.4 Å². The van der Waals surface area contributed by atoms with Crippen molar-refractivity contribution in [2.24, 2.45) is 5.92 Å². The molecule has 1 aliphatic heterocycles. The summed E-state index contributed by atoms with van der Waals surface area (Å²) in [4.78, 5) is 27.2. The SMILES string of the molecule is Cc1ccc(N2CC(C(=O)Nc3ccc(S(=O)(=O)NC4CCCCC4)cc3)CC2=O)c(C)c1. The van der Waals surface area contributed by atoms with Gasteiger partial charge in [-0.3, -0.25) is 9.59 Å². The topological polar surface area (TPSA) is 95.6 Å². The van der Waals surface area contributed by atoms with Gasteiger partial charge in [0.2, 0.25) is 21.8 Å². The molecule has 2 amide bonds. The van der Waals surface area contributed by atoms with Crippen LogP contribution in [0.2, 0.25) is 0 Å². The van der Waals surface area contributed by atoms with Gasteiger partial charge < -0.3 is 10.2 Å². The summed E-state index contributed by atoms with van der Waals surface area (Å²) in [6, 6.07) is 12.1. The van der Waals surface area contributed by atoms with Crippen LogP contribution in [0.4, 0.5) is 11.4 Å². The van der Waals surface area contributed by atoms with E-state index in [1.165, 1.54) is 12.1 Å². The fourth-order valence-electron chi connectivity index (χ4n) is 4.69. The van der Waals surface area contributed by atoms with Gasteiger partial charge in [-0.15, -0.1) is 0 Å². The summed E-state index contributed by atoms with van der Waals surface area (Å²) in [7, 11) is -3.59. The standard InChI is InChI=1S/C25H31N3O4S/c1-17-8-13-23(18(2)14-17)28-16-19(15-24(28)29)25(30)26-20-9-11-22(12-10-20)33(31,32)27-21-6-4-3-5-7-21/h8-14,19,21,27H,3-7,15-16H2,1-2H3,(H,26,30). The number of sulfonamides is 1. The van der Waals surface area contributed by atoms with E-state index in [-0.39, 0.29) is 29.2 Å². The lowest BCUT2D eigenvalue weighted by Gasteiger charge is -2.22. The number of nitrogens with one attached hydrogen (secondary N) is 2. The van der Waals surface area contributed by atoms with Crippen molar-refractivity contribution in [1.82, 2.24) is 4.72 Å². The number of hydrogen-bond donors (Lipinski definition) is 2. The van der Waals surface area contributed by atoms with Crippen LogP contribution >= 0.6 is 0 Å². The third kappa shape index (κ3) is 5.45. The number of carbonyl (C=O) groups is 2. The molecule has 8 heteroatoms. The third-order valence-corrected chi connectivity index (χ3v) is 8.03. The molecule has 2 fully saturated rings. The van der Waals surface area contributed by atoms with E-state index in [4.69, 9.17) is 0 Å². The minimum Gasteiger partial charge on any atom is -0.326 e. The number of anilines is 2. The third-order valence-electron chi connectivity index (χ3n) is 6.50. The van der Waals surface area contributed by atoms with E-state index in [2.05, 4.69) is 10.0 Å². The van der Waals surface area contributed by atoms with Gasteiger partial charge in [0, 0.05) is 30.4 Å². The summed E-state index contributed by atoms with van der Waals surface area (Å²) in [5.74, 6) is -0.779. The highest BCUT2D eigenvalue weighted by Gasteiger charge is 2.35. The van der Waals surface area contributed by atoms with Crippen molar-refractivity contribution in [3.63, 3.8) is 0 Å². The van der Waals surface area contributed by atoms with Crippen LogP contribution in [-0.2, 0) is 19.6 Å². The maximum Gasteiger partial charge on any atom is 0.240 e. The summed E-state index contributed by atoms with van der Waals surface area (Å²) in [5, 5.41) is 2.83. The van der Waals surface area contributed by atoms with Crippen molar-refractivity contribution >= 4 is 33.2 Å². The Morgan fingerprint density at radius 2 is 1.70 bits per heavy atom. The monoisotopic (exact) mass is 469 g/mol. The molecule has 176 valence electrons. The minimum atomic E-state index is -3.59. The Kier molecular flexibility index (Phi) is 6.86. The molecule has 1 saturated heterocycles. The van der Waals surface area contributed by atoms with Gasteiger partial charge in [-0.2, -0.15) is 0 Å². The van der Waals surface area contributed by atoms with E-state index in [0.717, 1.165) is 48.9 Å². The number of carbonyl (C=O) groups excluding carboxylic acids is 2. The average molecular weight is 470 g/mol. The van der Waals surface area contributed by atoms with Crippen molar-refractivity contribution < 1.29 is 18.0 Å². The molecule has 1 aliphatic carbocycles. The van der Waals surface area contributed by atoms with Gasteiger partial charge in [-0.05, 0) is 62.6 Å². The zero-order chi connectivity index (χ0) is 23.6. The first-order chi connectivity index (χ1) is 15.7. The van der Waals surface area contributed by atoms with E-state index >= 15 is 0 Å². The Morgan fingerprint density at radius 1 is 1.00 bits per heavy atom. The van der Waals surface area contributed by atoms with Crippen LogP contribution < -0.4 is 14.9 Å². The maximum atomic E-state index is 12.8. The summed E-state index contributed by atoms with van der Waals surface area (Å²) in [6.07, 6.45) is 5.13. The fourth-order valence-corrected chi connectivity index (χ4v) is 6.00. The van der Waals surface area contributed by atoms with Crippen LogP contribution in [0, 0.1) is 19.8 Å². The number of rotatable bonds is 6. The molecule has 4 rings (SSSR count). The van der Waals surface area contributed by atoms with Crippen molar-refractivity contribution in [3.05, 3.63) is 53.6 Å². The lowest BCUT2D eigenvalue weighted by molar-refractivity contribution is -0.122. The molecule has 2 aromatic carbocycles. The van der Waals surface area contributed by atoms with Gasteiger partial charge in [-0.25, -0.2) is 13.1 Å². The highest BCUT2D eigenvalue weighted by Crippen LogP contribution is 2.29. The largest absolute Gasteiger partial charge is 0.326 e. The zero-order valence-corrected chi connectivity index (χ0v) is 20.0. The number of hydrogen-bond acceptors (Lipinski definition) is 4. The van der Waals surface area contributed by atoms with Gasteiger partial charge in [0.25, 0.3) is 0 Å². The molecule has 1 unspecified atom stereocenters. The maximum absolute atomic E-state index is 12.8. The smallest absolute Gasteiger partial charge is 0.240 e. The van der Waals surface area contributed by atoms with Gasteiger partial charge in [0.1, 0.15) is 0 Å². The van der Waals surface area contributed by atoms with Gasteiger partial charge in [-0.1, -0.05) is 37.0 Å². The first kappa shape index (κ1) is 23.4. The Hall–Kier alpha value is -2.71. The molecule has 0 radical (unpaired) electrons. The van der Waals surface area contributed by atoms with Crippen molar-refractivity contribution in [1.29, 1.82) is 0 Å². The molecule has 0 aromatic heterocycles. The van der Waals surface area contributed by atoms with Gasteiger partial charge in [0.05, 0.1) is 10.8 Å². The molecule has 7 nitrogen and oxygen atoms in total. The normalized spacial score (nSPS) is 19.6. The molecule has 1 heterocycles. The summed E-state index contributed by atoms with van der Waals surface area (Å²) in [6.45, 7) is 4.29. The van der Waals surface area contributed by atoms with Crippen molar-refractivity contribution in [3.8, 4) is 0 Å². The van der Waals surface area contributed by atoms with Crippen LogP contribution in [0.3, 0.4) is 0 Å². The van der Waals surface area contributed by atoms with E-state index in [1.807, 2.05) is 32.0 Å². The minimum absolute atomic E-state index is 0.0110. The van der Waals surface area contributed by atoms with Crippen LogP contribution in [0.5, 0.6) is 0 Å². The van der Waals surface area contributed by atoms with Crippen molar-refractivity contribution in [2.75, 3.05) is 16.8 Å². The second-order valence-electron chi connectivity index (χ2n) is 9.17. The number of nitrogens with zero attached hydrogens (tertiary/aromatic N) is 1. The highest BCUT2D eigenvalue weighted by molar-refractivity contribution is 7.89. The predicted octanol–water partition coefficient (Wildman–Crippen LogP) is 3.91. The molecular formula is C25H31N3O4S. The van der Waals surface area contributed by atoms with Gasteiger partial charge >= 0.3 is 0 Å².